The van der Waals surface area contributed by atoms with E-state index in [0.29, 0.717) is 17.4 Å². The second-order valence-corrected chi connectivity index (χ2v) is 4.96. The van der Waals surface area contributed by atoms with E-state index in [9.17, 15) is 4.79 Å². The van der Waals surface area contributed by atoms with Gasteiger partial charge in [-0.1, -0.05) is 26.0 Å². The Morgan fingerprint density at radius 2 is 2.05 bits per heavy atom. The first-order valence-corrected chi connectivity index (χ1v) is 7.11. The molecule has 0 bridgehead atoms. The number of nitrogens with zero attached hydrogens (tertiary/aromatic N) is 1. The van der Waals surface area contributed by atoms with Crippen LogP contribution in [0.5, 0.6) is 5.75 Å². The van der Waals surface area contributed by atoms with Crippen molar-refractivity contribution in [3.63, 3.8) is 0 Å². The van der Waals surface area contributed by atoms with Gasteiger partial charge in [-0.3, -0.25) is 9.78 Å². The topological polar surface area (TPSA) is 51.2 Å². The molecule has 2 rings (SSSR count). The highest BCUT2D eigenvalue weighted by atomic mass is 16.5. The molecule has 21 heavy (non-hydrogen) atoms. The lowest BCUT2D eigenvalue weighted by atomic mass is 9.99. The zero-order valence-corrected chi connectivity index (χ0v) is 12.4. The lowest BCUT2D eigenvalue weighted by Gasteiger charge is -2.11. The van der Waals surface area contributed by atoms with E-state index in [0.717, 1.165) is 6.42 Å². The molecule has 1 aromatic carbocycles. The van der Waals surface area contributed by atoms with E-state index in [1.165, 1.54) is 5.56 Å². The molecule has 0 saturated carbocycles. The van der Waals surface area contributed by atoms with Gasteiger partial charge in [-0.15, -0.1) is 0 Å². The molecule has 0 fully saturated rings. The maximum atomic E-state index is 11.7. The van der Waals surface area contributed by atoms with Gasteiger partial charge in [0.15, 0.2) is 6.61 Å². The van der Waals surface area contributed by atoms with Gasteiger partial charge in [-0.2, -0.15) is 0 Å². The zero-order chi connectivity index (χ0) is 15.1. The molecule has 0 saturated heterocycles. The maximum absolute atomic E-state index is 11.7. The first-order valence-electron chi connectivity index (χ1n) is 7.11. The van der Waals surface area contributed by atoms with Gasteiger partial charge in [0.2, 0.25) is 0 Å². The first-order chi connectivity index (χ1) is 10.2. The number of carbonyl (C=O) groups excluding carboxylic acids is 1. The van der Waals surface area contributed by atoms with E-state index >= 15 is 0 Å². The Bertz CT molecular complexity index is 567. The summed E-state index contributed by atoms with van der Waals surface area (Å²) in [6.07, 6.45) is 4.36. The van der Waals surface area contributed by atoms with Crippen molar-refractivity contribution in [3.05, 3.63) is 54.4 Å². The van der Waals surface area contributed by atoms with Crippen LogP contribution >= 0.6 is 0 Å². The molecule has 1 heterocycles. The molecule has 0 aliphatic carbocycles. The summed E-state index contributed by atoms with van der Waals surface area (Å²) in [5, 5.41) is 2.72. The zero-order valence-electron chi connectivity index (χ0n) is 12.4. The lowest BCUT2D eigenvalue weighted by molar-refractivity contribution is -0.118. The van der Waals surface area contributed by atoms with Crippen LogP contribution in [0.4, 0.5) is 5.69 Å². The standard InChI is InChI=1S/C17H20N2O2/c1-3-13(2)14-6-8-16(9-7-14)21-12-17(20)19-15-5-4-10-18-11-15/h4-11,13H,3,12H2,1-2H3,(H,19,20)/t13-/m1/s1. The predicted molar refractivity (Wildman–Crippen MR) is 83.5 cm³/mol. The molecule has 0 aliphatic rings. The summed E-state index contributed by atoms with van der Waals surface area (Å²) < 4.78 is 5.48. The van der Waals surface area contributed by atoms with Gasteiger partial charge in [0.1, 0.15) is 5.75 Å². The van der Waals surface area contributed by atoms with Crippen LogP contribution in [-0.2, 0) is 4.79 Å². The third-order valence-electron chi connectivity index (χ3n) is 3.38. The molecule has 4 heteroatoms. The van der Waals surface area contributed by atoms with Gasteiger partial charge in [-0.05, 0) is 42.2 Å². The third-order valence-corrected chi connectivity index (χ3v) is 3.38. The Hall–Kier alpha value is -2.36. The normalized spacial score (nSPS) is 11.7. The highest BCUT2D eigenvalue weighted by molar-refractivity contribution is 5.91. The maximum Gasteiger partial charge on any atom is 0.262 e. The Morgan fingerprint density at radius 1 is 1.29 bits per heavy atom. The van der Waals surface area contributed by atoms with Gasteiger partial charge in [0.05, 0.1) is 11.9 Å². The van der Waals surface area contributed by atoms with E-state index in [4.69, 9.17) is 4.74 Å². The minimum absolute atomic E-state index is 0.0163. The minimum atomic E-state index is -0.200. The monoisotopic (exact) mass is 284 g/mol. The average Bonchev–Trinajstić information content (AvgIpc) is 2.53. The second kappa shape index (κ2) is 7.43. The molecule has 0 spiro atoms. The van der Waals surface area contributed by atoms with E-state index in [-0.39, 0.29) is 12.5 Å². The van der Waals surface area contributed by atoms with Crippen molar-refractivity contribution in [2.45, 2.75) is 26.2 Å². The minimum Gasteiger partial charge on any atom is -0.484 e. The summed E-state index contributed by atoms with van der Waals surface area (Å²) in [6.45, 7) is 4.34. The summed E-state index contributed by atoms with van der Waals surface area (Å²) >= 11 is 0. The molecule has 2 aromatic rings. The molecule has 110 valence electrons. The van der Waals surface area contributed by atoms with Crippen LogP contribution in [0.3, 0.4) is 0 Å². The van der Waals surface area contributed by atoms with E-state index in [1.807, 2.05) is 24.3 Å². The smallest absolute Gasteiger partial charge is 0.262 e. The molecule has 4 nitrogen and oxygen atoms in total. The lowest BCUT2D eigenvalue weighted by Crippen LogP contribution is -2.20. The number of rotatable bonds is 6. The third kappa shape index (κ3) is 4.60. The van der Waals surface area contributed by atoms with E-state index in [2.05, 4.69) is 24.1 Å². The van der Waals surface area contributed by atoms with Crippen LogP contribution in [-0.4, -0.2) is 17.5 Å². The van der Waals surface area contributed by atoms with Gasteiger partial charge in [-0.25, -0.2) is 0 Å². The van der Waals surface area contributed by atoms with E-state index in [1.54, 1.807) is 24.5 Å². The van der Waals surface area contributed by atoms with Crippen LogP contribution in [0.15, 0.2) is 48.8 Å². The van der Waals surface area contributed by atoms with Gasteiger partial charge < -0.3 is 10.1 Å². The highest BCUT2D eigenvalue weighted by Gasteiger charge is 2.05. The summed E-state index contributed by atoms with van der Waals surface area (Å²) in [7, 11) is 0. The number of aromatic nitrogens is 1. The molecular weight excluding hydrogens is 264 g/mol. The number of anilines is 1. The number of ether oxygens (including phenoxy) is 1. The Labute approximate surface area is 125 Å². The molecule has 1 N–H and O–H groups in total. The number of nitrogens with one attached hydrogen (secondary N) is 1. The molecule has 1 aromatic heterocycles. The fraction of sp³-hybridized carbons (Fsp3) is 0.294. The Morgan fingerprint density at radius 3 is 2.67 bits per heavy atom. The summed E-state index contributed by atoms with van der Waals surface area (Å²) in [4.78, 5) is 15.7. The van der Waals surface area contributed by atoms with Crippen molar-refractivity contribution in [1.29, 1.82) is 0 Å². The van der Waals surface area contributed by atoms with Crippen molar-refractivity contribution in [1.82, 2.24) is 4.98 Å². The number of amides is 1. The summed E-state index contributed by atoms with van der Waals surface area (Å²) in [6, 6.07) is 11.4. The van der Waals surface area contributed by atoms with Gasteiger partial charge >= 0.3 is 0 Å². The number of hydrogen-bond acceptors (Lipinski definition) is 3. The second-order valence-electron chi connectivity index (χ2n) is 4.96. The van der Waals surface area contributed by atoms with Crippen LogP contribution in [0.1, 0.15) is 31.7 Å². The van der Waals surface area contributed by atoms with Crippen LogP contribution in [0.25, 0.3) is 0 Å². The Balaban J connectivity index is 1.84. The van der Waals surface area contributed by atoms with Crippen molar-refractivity contribution in [2.24, 2.45) is 0 Å². The van der Waals surface area contributed by atoms with Crippen molar-refractivity contribution in [3.8, 4) is 5.75 Å². The Kier molecular flexibility index (Phi) is 5.32. The number of hydrogen-bond donors (Lipinski definition) is 1. The first kappa shape index (κ1) is 15.0. The summed E-state index contributed by atoms with van der Waals surface area (Å²) in [5.74, 6) is 1.03. The molecule has 0 aliphatic heterocycles. The molecular formula is C17H20N2O2. The van der Waals surface area contributed by atoms with E-state index < -0.39 is 0 Å². The molecule has 0 radical (unpaired) electrons. The van der Waals surface area contributed by atoms with Gasteiger partial charge in [0.25, 0.3) is 5.91 Å². The van der Waals surface area contributed by atoms with Crippen LogP contribution in [0, 0.1) is 0 Å². The average molecular weight is 284 g/mol. The van der Waals surface area contributed by atoms with Crippen LogP contribution in [0.2, 0.25) is 0 Å². The van der Waals surface area contributed by atoms with Crippen molar-refractivity contribution < 1.29 is 9.53 Å². The fourth-order valence-electron chi connectivity index (χ4n) is 1.91. The highest BCUT2D eigenvalue weighted by Crippen LogP contribution is 2.21. The number of pyridine rings is 1. The molecule has 1 amide bonds. The fourth-order valence-corrected chi connectivity index (χ4v) is 1.91. The predicted octanol–water partition coefficient (Wildman–Crippen LogP) is 3.61. The molecule has 0 unspecified atom stereocenters. The SMILES string of the molecule is CC[C@@H](C)c1ccc(OCC(=O)Nc2cccnc2)cc1. The largest absolute Gasteiger partial charge is 0.484 e. The molecule has 1 atom stereocenters. The quantitative estimate of drug-likeness (QED) is 0.881. The van der Waals surface area contributed by atoms with Gasteiger partial charge in [0, 0.05) is 6.20 Å². The van der Waals surface area contributed by atoms with Crippen molar-refractivity contribution in [2.75, 3.05) is 11.9 Å². The number of benzene rings is 1. The van der Waals surface area contributed by atoms with Crippen molar-refractivity contribution >= 4 is 11.6 Å². The number of carbonyl (C=O) groups is 1. The van der Waals surface area contributed by atoms with Crippen LogP contribution < -0.4 is 10.1 Å². The summed E-state index contributed by atoms with van der Waals surface area (Å²) in [5.41, 5.74) is 1.95.